The lowest BCUT2D eigenvalue weighted by molar-refractivity contribution is 0.242. The quantitative estimate of drug-likeness (QED) is 0.795. The van der Waals surface area contributed by atoms with Crippen LogP contribution in [0.1, 0.15) is 17.6 Å². The van der Waals surface area contributed by atoms with Gasteiger partial charge in [0.2, 0.25) is 0 Å². The molecule has 84 valence electrons. The van der Waals surface area contributed by atoms with Crippen molar-refractivity contribution in [1.82, 2.24) is 15.6 Å². The zero-order valence-electron chi connectivity index (χ0n) is 9.42. The number of hydrogen-bond donors (Lipinski definition) is 2. The van der Waals surface area contributed by atoms with Gasteiger partial charge in [-0.1, -0.05) is 6.92 Å². The third kappa shape index (κ3) is 3.00. The first-order valence-corrected chi connectivity index (χ1v) is 6.46. The van der Waals surface area contributed by atoms with Gasteiger partial charge in [-0.25, -0.2) is 4.98 Å². The van der Waals surface area contributed by atoms with E-state index in [1.807, 2.05) is 6.92 Å². The highest BCUT2D eigenvalue weighted by molar-refractivity contribution is 7.09. The molecule has 2 rings (SSSR count). The molecule has 1 fully saturated rings. The van der Waals surface area contributed by atoms with E-state index in [-0.39, 0.29) is 0 Å². The van der Waals surface area contributed by atoms with Crippen molar-refractivity contribution < 1.29 is 0 Å². The molecular formula is C11H19N3S. The van der Waals surface area contributed by atoms with Gasteiger partial charge in [-0.05, 0) is 38.4 Å². The van der Waals surface area contributed by atoms with Crippen molar-refractivity contribution in [2.75, 3.05) is 19.6 Å². The topological polar surface area (TPSA) is 37.0 Å². The highest BCUT2D eigenvalue weighted by Gasteiger charge is 2.22. The molecule has 0 amide bonds. The minimum absolute atomic E-state index is 0.771. The van der Waals surface area contributed by atoms with Crippen LogP contribution in [0.4, 0.5) is 0 Å². The summed E-state index contributed by atoms with van der Waals surface area (Å²) in [6.07, 6.45) is 0. The second kappa shape index (κ2) is 5.05. The van der Waals surface area contributed by atoms with Gasteiger partial charge in [-0.3, -0.25) is 0 Å². The first kappa shape index (κ1) is 11.0. The van der Waals surface area contributed by atoms with E-state index < -0.39 is 0 Å². The Morgan fingerprint density at radius 3 is 3.00 bits per heavy atom. The molecule has 1 aromatic rings. The number of nitrogens with zero attached hydrogens (tertiary/aromatic N) is 1. The van der Waals surface area contributed by atoms with E-state index in [9.17, 15) is 0 Å². The molecule has 3 nitrogen and oxygen atoms in total. The van der Waals surface area contributed by atoms with Gasteiger partial charge in [-0.15, -0.1) is 11.3 Å². The van der Waals surface area contributed by atoms with Crippen molar-refractivity contribution in [3.05, 3.63) is 16.1 Å². The molecule has 2 heterocycles. The second-order valence-electron chi connectivity index (χ2n) is 4.41. The van der Waals surface area contributed by atoms with Crippen molar-refractivity contribution in [3.63, 3.8) is 0 Å². The van der Waals surface area contributed by atoms with Crippen LogP contribution in [0.15, 0.2) is 5.38 Å². The van der Waals surface area contributed by atoms with Crippen LogP contribution in [-0.4, -0.2) is 24.6 Å². The molecule has 1 unspecified atom stereocenters. The van der Waals surface area contributed by atoms with E-state index in [1.165, 1.54) is 18.1 Å². The first-order chi connectivity index (χ1) is 7.25. The summed E-state index contributed by atoms with van der Waals surface area (Å²) in [5.41, 5.74) is 1.13. The molecule has 0 saturated carbocycles. The number of thiazole rings is 1. The lowest BCUT2D eigenvalue weighted by Gasteiger charge is -2.32. The van der Waals surface area contributed by atoms with Crippen molar-refractivity contribution in [2.24, 2.45) is 11.8 Å². The normalized spacial score (nSPS) is 18.8. The van der Waals surface area contributed by atoms with Crippen LogP contribution < -0.4 is 10.6 Å². The smallest absolute Gasteiger partial charge is 0.107 e. The Morgan fingerprint density at radius 2 is 2.47 bits per heavy atom. The summed E-state index contributed by atoms with van der Waals surface area (Å²) in [4.78, 5) is 4.43. The van der Waals surface area contributed by atoms with E-state index in [4.69, 9.17) is 0 Å². The van der Waals surface area contributed by atoms with Crippen LogP contribution in [0, 0.1) is 18.8 Å². The molecule has 15 heavy (non-hydrogen) atoms. The summed E-state index contributed by atoms with van der Waals surface area (Å²) >= 11 is 1.74. The molecule has 1 aliphatic heterocycles. The SMILES string of the molecule is Cc1csc(CNCC(C)C2CNC2)n1. The fourth-order valence-electron chi connectivity index (χ4n) is 1.77. The van der Waals surface area contributed by atoms with Crippen LogP contribution >= 0.6 is 11.3 Å². The van der Waals surface area contributed by atoms with Crippen LogP contribution in [0.2, 0.25) is 0 Å². The summed E-state index contributed by atoms with van der Waals surface area (Å²) in [6.45, 7) is 8.78. The fourth-order valence-corrected chi connectivity index (χ4v) is 2.51. The van der Waals surface area contributed by atoms with Gasteiger partial charge in [0.05, 0.1) is 0 Å². The molecule has 1 aromatic heterocycles. The Morgan fingerprint density at radius 1 is 1.67 bits per heavy atom. The third-order valence-electron chi connectivity index (χ3n) is 3.03. The largest absolute Gasteiger partial charge is 0.316 e. The molecule has 1 aliphatic rings. The number of rotatable bonds is 5. The molecule has 1 atom stereocenters. The maximum Gasteiger partial charge on any atom is 0.107 e. The zero-order chi connectivity index (χ0) is 10.7. The van der Waals surface area contributed by atoms with Crippen LogP contribution in [0.5, 0.6) is 0 Å². The standard InChI is InChI=1S/C11H19N3S/c1-8(10-4-13-5-10)3-12-6-11-14-9(2)7-15-11/h7-8,10,12-13H,3-6H2,1-2H3. The number of hydrogen-bond acceptors (Lipinski definition) is 4. The highest BCUT2D eigenvalue weighted by Crippen LogP contribution is 2.15. The zero-order valence-corrected chi connectivity index (χ0v) is 10.2. The van der Waals surface area contributed by atoms with Gasteiger partial charge in [0, 0.05) is 17.6 Å². The van der Waals surface area contributed by atoms with Crippen molar-refractivity contribution in [1.29, 1.82) is 0 Å². The van der Waals surface area contributed by atoms with Crippen LogP contribution in [0.25, 0.3) is 0 Å². The fraction of sp³-hybridized carbons (Fsp3) is 0.727. The minimum atomic E-state index is 0.771. The number of nitrogens with one attached hydrogen (secondary N) is 2. The van der Waals surface area contributed by atoms with Gasteiger partial charge in [-0.2, -0.15) is 0 Å². The molecule has 0 radical (unpaired) electrons. The molecule has 0 spiro atoms. The second-order valence-corrected chi connectivity index (χ2v) is 5.35. The molecule has 4 heteroatoms. The summed E-state index contributed by atoms with van der Waals surface area (Å²) in [5, 5.41) is 10.1. The van der Waals surface area contributed by atoms with Crippen molar-refractivity contribution in [2.45, 2.75) is 20.4 Å². The Kier molecular flexibility index (Phi) is 3.72. The van der Waals surface area contributed by atoms with E-state index in [0.29, 0.717) is 0 Å². The molecule has 2 N–H and O–H groups in total. The Labute approximate surface area is 95.3 Å². The average Bonchev–Trinajstić information content (AvgIpc) is 2.48. The molecule has 0 aromatic carbocycles. The number of aromatic nitrogens is 1. The summed E-state index contributed by atoms with van der Waals surface area (Å²) in [6, 6.07) is 0. The number of aryl methyl sites for hydroxylation is 1. The maximum absolute atomic E-state index is 4.43. The lowest BCUT2D eigenvalue weighted by Crippen LogP contribution is -2.47. The monoisotopic (exact) mass is 225 g/mol. The lowest BCUT2D eigenvalue weighted by atomic mass is 9.89. The summed E-state index contributed by atoms with van der Waals surface area (Å²) < 4.78 is 0. The Balaban J connectivity index is 1.65. The van der Waals surface area contributed by atoms with Gasteiger partial charge < -0.3 is 10.6 Å². The maximum atomic E-state index is 4.43. The van der Waals surface area contributed by atoms with Crippen LogP contribution in [0.3, 0.4) is 0 Å². The van der Waals surface area contributed by atoms with Gasteiger partial charge >= 0.3 is 0 Å². The Hall–Kier alpha value is -0.450. The van der Waals surface area contributed by atoms with Gasteiger partial charge in [0.15, 0.2) is 0 Å². The predicted molar refractivity (Wildman–Crippen MR) is 64.1 cm³/mol. The van der Waals surface area contributed by atoms with Gasteiger partial charge in [0.1, 0.15) is 5.01 Å². The third-order valence-corrected chi connectivity index (χ3v) is 3.99. The van der Waals surface area contributed by atoms with E-state index >= 15 is 0 Å². The summed E-state index contributed by atoms with van der Waals surface area (Å²) in [5.74, 6) is 1.64. The Bertz CT molecular complexity index is 307. The van der Waals surface area contributed by atoms with E-state index in [0.717, 1.165) is 30.6 Å². The average molecular weight is 225 g/mol. The molecular weight excluding hydrogens is 206 g/mol. The van der Waals surface area contributed by atoms with Gasteiger partial charge in [0.25, 0.3) is 0 Å². The summed E-state index contributed by atoms with van der Waals surface area (Å²) in [7, 11) is 0. The predicted octanol–water partition coefficient (Wildman–Crippen LogP) is 1.40. The van der Waals surface area contributed by atoms with Crippen LogP contribution in [-0.2, 0) is 6.54 Å². The van der Waals surface area contributed by atoms with Crippen molar-refractivity contribution in [3.8, 4) is 0 Å². The molecule has 0 bridgehead atoms. The van der Waals surface area contributed by atoms with E-state index in [2.05, 4.69) is 27.9 Å². The molecule has 0 aliphatic carbocycles. The highest BCUT2D eigenvalue weighted by atomic mass is 32.1. The van der Waals surface area contributed by atoms with E-state index in [1.54, 1.807) is 11.3 Å². The molecule has 1 saturated heterocycles. The van der Waals surface area contributed by atoms with Crippen molar-refractivity contribution >= 4 is 11.3 Å². The first-order valence-electron chi connectivity index (χ1n) is 5.58. The minimum Gasteiger partial charge on any atom is -0.316 e.